The summed E-state index contributed by atoms with van der Waals surface area (Å²) in [5.74, 6) is -0.312. The molecule has 1 N–H and O–H groups in total. The van der Waals surface area contributed by atoms with Crippen LogP contribution in [0.3, 0.4) is 0 Å². The second-order valence-corrected chi connectivity index (χ2v) is 5.68. The molecule has 0 saturated carbocycles. The van der Waals surface area contributed by atoms with Gasteiger partial charge in [0.2, 0.25) is 0 Å². The van der Waals surface area contributed by atoms with E-state index in [0.29, 0.717) is 11.3 Å². The van der Waals surface area contributed by atoms with Gasteiger partial charge >= 0.3 is 5.97 Å². The van der Waals surface area contributed by atoms with Gasteiger partial charge in [0.25, 0.3) is 5.56 Å². The van der Waals surface area contributed by atoms with Crippen LogP contribution in [0.5, 0.6) is 0 Å². The van der Waals surface area contributed by atoms with Gasteiger partial charge in [-0.05, 0) is 17.5 Å². The number of carbonyl (C=O) groups excluding carboxylic acids is 1. The largest absolute Gasteiger partial charge is 0.456 e. The second kappa shape index (κ2) is 6.68. The topological polar surface area (TPSA) is 85.2 Å². The molecule has 2 heterocycles. The molecule has 0 spiro atoms. The molecule has 2 aromatic carbocycles. The SMILES string of the molecule is O=C(OCc1cc2ccccc2[nH]c1=O)c1ncoc1-c1ccccc1. The van der Waals surface area contributed by atoms with E-state index in [4.69, 9.17) is 9.15 Å². The van der Waals surface area contributed by atoms with Crippen molar-refractivity contribution >= 4 is 16.9 Å². The van der Waals surface area contributed by atoms with Crippen LogP contribution < -0.4 is 5.56 Å². The highest BCUT2D eigenvalue weighted by molar-refractivity contribution is 5.93. The van der Waals surface area contributed by atoms with Crippen molar-refractivity contribution < 1.29 is 13.9 Å². The van der Waals surface area contributed by atoms with E-state index < -0.39 is 5.97 Å². The monoisotopic (exact) mass is 346 g/mol. The van der Waals surface area contributed by atoms with Crippen molar-refractivity contribution in [2.45, 2.75) is 6.61 Å². The Kier molecular flexibility index (Phi) is 4.07. The molecule has 6 nitrogen and oxygen atoms in total. The van der Waals surface area contributed by atoms with E-state index in [-0.39, 0.29) is 17.9 Å². The van der Waals surface area contributed by atoms with Crippen molar-refractivity contribution in [1.29, 1.82) is 0 Å². The van der Waals surface area contributed by atoms with Crippen LogP contribution in [-0.2, 0) is 11.3 Å². The van der Waals surface area contributed by atoms with Crippen LogP contribution in [0.1, 0.15) is 16.1 Å². The van der Waals surface area contributed by atoms with Crippen molar-refractivity contribution in [2.24, 2.45) is 0 Å². The predicted octanol–water partition coefficient (Wildman–Crippen LogP) is 3.54. The van der Waals surface area contributed by atoms with Crippen LogP contribution in [0.2, 0.25) is 0 Å². The van der Waals surface area contributed by atoms with Gasteiger partial charge in [-0.3, -0.25) is 4.79 Å². The van der Waals surface area contributed by atoms with Crippen LogP contribution in [0, 0.1) is 0 Å². The second-order valence-electron chi connectivity index (χ2n) is 5.68. The first-order valence-corrected chi connectivity index (χ1v) is 7.99. The van der Waals surface area contributed by atoms with Gasteiger partial charge in [0, 0.05) is 11.1 Å². The van der Waals surface area contributed by atoms with Crippen molar-refractivity contribution in [1.82, 2.24) is 9.97 Å². The molecule has 0 fully saturated rings. The van der Waals surface area contributed by atoms with Gasteiger partial charge < -0.3 is 14.1 Å². The summed E-state index contributed by atoms with van der Waals surface area (Å²) in [7, 11) is 0. The summed E-state index contributed by atoms with van der Waals surface area (Å²) in [5.41, 5.74) is 1.60. The van der Waals surface area contributed by atoms with Gasteiger partial charge in [0.05, 0.1) is 5.56 Å². The van der Waals surface area contributed by atoms with Crippen LogP contribution in [0.4, 0.5) is 0 Å². The number of carbonyl (C=O) groups is 1. The number of aromatic amines is 1. The van der Waals surface area contributed by atoms with Gasteiger partial charge in [-0.1, -0.05) is 48.5 Å². The number of nitrogens with one attached hydrogen (secondary N) is 1. The Hall–Kier alpha value is -3.67. The highest BCUT2D eigenvalue weighted by Crippen LogP contribution is 2.23. The van der Waals surface area contributed by atoms with Crippen molar-refractivity contribution in [3.8, 4) is 11.3 Å². The molecular weight excluding hydrogens is 332 g/mol. The van der Waals surface area contributed by atoms with Gasteiger partial charge in [0.15, 0.2) is 17.8 Å². The van der Waals surface area contributed by atoms with E-state index in [1.807, 2.05) is 54.6 Å². The molecule has 0 amide bonds. The Morgan fingerprint density at radius 1 is 1.08 bits per heavy atom. The normalized spacial score (nSPS) is 10.8. The molecule has 0 aliphatic rings. The number of ether oxygens (including phenoxy) is 1. The van der Waals surface area contributed by atoms with E-state index in [1.54, 1.807) is 6.07 Å². The fourth-order valence-electron chi connectivity index (χ4n) is 2.70. The number of aromatic nitrogens is 2. The molecule has 0 aliphatic carbocycles. The lowest BCUT2D eigenvalue weighted by molar-refractivity contribution is 0.0465. The number of pyridine rings is 1. The molecule has 0 saturated heterocycles. The number of fused-ring (bicyclic) bond motifs is 1. The first-order valence-electron chi connectivity index (χ1n) is 7.99. The van der Waals surface area contributed by atoms with E-state index in [1.165, 1.54) is 6.39 Å². The lowest BCUT2D eigenvalue weighted by Gasteiger charge is -2.05. The summed E-state index contributed by atoms with van der Waals surface area (Å²) in [6, 6.07) is 18.3. The Bertz CT molecular complexity index is 1130. The fraction of sp³-hybridized carbons (Fsp3) is 0.0500. The maximum atomic E-state index is 12.4. The Balaban J connectivity index is 1.56. The minimum atomic E-state index is -0.648. The minimum absolute atomic E-state index is 0.0772. The zero-order valence-electron chi connectivity index (χ0n) is 13.6. The fourth-order valence-corrected chi connectivity index (χ4v) is 2.70. The van der Waals surface area contributed by atoms with E-state index >= 15 is 0 Å². The maximum Gasteiger partial charge on any atom is 0.361 e. The summed E-state index contributed by atoms with van der Waals surface area (Å²) in [6.45, 7) is -0.153. The summed E-state index contributed by atoms with van der Waals surface area (Å²) >= 11 is 0. The number of oxazole rings is 1. The molecule has 4 rings (SSSR count). The third-order valence-corrected chi connectivity index (χ3v) is 3.99. The minimum Gasteiger partial charge on any atom is -0.456 e. The summed E-state index contributed by atoms with van der Waals surface area (Å²) in [5, 5.41) is 0.865. The van der Waals surface area contributed by atoms with Crippen molar-refractivity contribution in [3.05, 3.63) is 88.7 Å². The molecule has 0 bridgehead atoms. The maximum absolute atomic E-state index is 12.4. The number of esters is 1. The van der Waals surface area contributed by atoms with Crippen molar-refractivity contribution in [3.63, 3.8) is 0 Å². The lowest BCUT2D eigenvalue weighted by Crippen LogP contribution is -2.16. The number of hydrogen-bond acceptors (Lipinski definition) is 5. The predicted molar refractivity (Wildman–Crippen MR) is 95.6 cm³/mol. The molecule has 0 unspecified atom stereocenters. The molecule has 0 radical (unpaired) electrons. The van der Waals surface area contributed by atoms with Crippen molar-refractivity contribution in [2.75, 3.05) is 0 Å². The van der Waals surface area contributed by atoms with Crippen LogP contribution in [-0.4, -0.2) is 15.9 Å². The molecule has 2 aromatic heterocycles. The highest BCUT2D eigenvalue weighted by atomic mass is 16.5. The molecule has 26 heavy (non-hydrogen) atoms. The van der Waals surface area contributed by atoms with Crippen LogP contribution in [0.15, 0.2) is 76.3 Å². The Labute approximate surface area is 148 Å². The average molecular weight is 346 g/mol. The quantitative estimate of drug-likeness (QED) is 0.571. The summed E-state index contributed by atoms with van der Waals surface area (Å²) < 4.78 is 10.6. The average Bonchev–Trinajstić information content (AvgIpc) is 3.17. The number of hydrogen-bond donors (Lipinski definition) is 1. The Morgan fingerprint density at radius 3 is 2.69 bits per heavy atom. The number of H-pyrrole nitrogens is 1. The van der Waals surface area contributed by atoms with E-state index in [0.717, 1.165) is 16.5 Å². The van der Waals surface area contributed by atoms with Gasteiger partial charge in [-0.2, -0.15) is 0 Å². The van der Waals surface area contributed by atoms with Gasteiger partial charge in [0.1, 0.15) is 6.61 Å². The van der Waals surface area contributed by atoms with Crippen LogP contribution >= 0.6 is 0 Å². The smallest absolute Gasteiger partial charge is 0.361 e. The zero-order valence-corrected chi connectivity index (χ0v) is 13.6. The van der Waals surface area contributed by atoms with E-state index in [9.17, 15) is 9.59 Å². The van der Waals surface area contributed by atoms with Gasteiger partial charge in [-0.15, -0.1) is 0 Å². The highest BCUT2D eigenvalue weighted by Gasteiger charge is 2.20. The molecule has 0 aliphatic heterocycles. The lowest BCUT2D eigenvalue weighted by atomic mass is 10.1. The molecule has 128 valence electrons. The molecular formula is C20H14N2O4. The zero-order chi connectivity index (χ0) is 17.9. The first kappa shape index (κ1) is 15.8. The Morgan fingerprint density at radius 2 is 1.85 bits per heavy atom. The summed E-state index contributed by atoms with van der Waals surface area (Å²) in [4.78, 5) is 31.3. The van der Waals surface area contributed by atoms with Crippen LogP contribution in [0.25, 0.3) is 22.2 Å². The van der Waals surface area contributed by atoms with E-state index in [2.05, 4.69) is 9.97 Å². The molecule has 6 heteroatoms. The number of para-hydroxylation sites is 1. The first-order chi connectivity index (χ1) is 12.7. The third-order valence-electron chi connectivity index (χ3n) is 3.99. The number of nitrogens with zero attached hydrogens (tertiary/aromatic N) is 1. The van der Waals surface area contributed by atoms with Gasteiger partial charge in [-0.25, -0.2) is 9.78 Å². The summed E-state index contributed by atoms with van der Waals surface area (Å²) in [6.07, 6.45) is 1.20. The standard InChI is InChI=1S/C20H14N2O4/c23-19-15(10-14-8-4-5-9-16(14)22-19)11-25-20(24)17-18(26-12-21-17)13-6-2-1-3-7-13/h1-10,12H,11H2,(H,22,23). The molecule has 0 atom stereocenters. The number of benzene rings is 2. The number of rotatable bonds is 4. The molecule has 4 aromatic rings. The third kappa shape index (κ3) is 3.00.